The van der Waals surface area contributed by atoms with E-state index >= 15 is 0 Å². The second-order valence-corrected chi connectivity index (χ2v) is 7.14. The maximum atomic E-state index is 3.39. The minimum absolute atomic E-state index is 0.937. The van der Waals surface area contributed by atoms with Crippen LogP contribution in [-0.2, 0) is 13.0 Å². The number of para-hydroxylation sites is 1. The Bertz CT molecular complexity index is 1020. The first-order chi connectivity index (χ1) is 13.9. The van der Waals surface area contributed by atoms with E-state index in [2.05, 4.69) is 113 Å². The van der Waals surface area contributed by atoms with Gasteiger partial charge in [-0.25, -0.2) is 0 Å². The number of aromatic nitrogens is 1. The van der Waals surface area contributed by atoms with Crippen LogP contribution in [0.3, 0.4) is 0 Å². The molecule has 1 N–H and O–H groups in total. The number of H-pyrrole nitrogens is 1. The predicted octanol–water partition coefficient (Wildman–Crippen LogP) is 5.93. The van der Waals surface area contributed by atoms with Crippen molar-refractivity contribution in [3.63, 3.8) is 0 Å². The van der Waals surface area contributed by atoms with E-state index < -0.39 is 0 Å². The van der Waals surface area contributed by atoms with Gasteiger partial charge in [0.25, 0.3) is 0 Å². The fourth-order valence-corrected chi connectivity index (χ4v) is 3.60. The van der Waals surface area contributed by atoms with E-state index in [1.807, 2.05) is 0 Å². The molecule has 2 nitrogen and oxygen atoms in total. The summed E-state index contributed by atoms with van der Waals surface area (Å²) in [7, 11) is 0. The first-order valence-electron chi connectivity index (χ1n) is 9.91. The second kappa shape index (κ2) is 9.20. The third kappa shape index (κ3) is 4.79. The maximum Gasteiger partial charge on any atom is 0.0456 e. The summed E-state index contributed by atoms with van der Waals surface area (Å²) in [5.74, 6) is 0. The lowest BCUT2D eigenvalue weighted by Gasteiger charge is -2.21. The molecule has 2 heteroatoms. The Morgan fingerprint density at radius 3 is 2.32 bits per heavy atom. The van der Waals surface area contributed by atoms with Crippen LogP contribution in [0.15, 0.2) is 97.2 Å². The zero-order chi connectivity index (χ0) is 19.0. The smallest absolute Gasteiger partial charge is 0.0456 e. The van der Waals surface area contributed by atoms with Gasteiger partial charge in [0.2, 0.25) is 0 Å². The lowest BCUT2D eigenvalue weighted by molar-refractivity contribution is 0.299. The van der Waals surface area contributed by atoms with Gasteiger partial charge in [0, 0.05) is 36.7 Å². The average molecular weight is 367 g/mol. The van der Waals surface area contributed by atoms with Crippen molar-refractivity contribution in [3.05, 3.63) is 114 Å². The van der Waals surface area contributed by atoms with Crippen molar-refractivity contribution >= 4 is 17.0 Å². The summed E-state index contributed by atoms with van der Waals surface area (Å²) < 4.78 is 0. The van der Waals surface area contributed by atoms with Crippen LogP contribution in [0, 0.1) is 0 Å². The number of hydrogen-bond acceptors (Lipinski definition) is 1. The van der Waals surface area contributed by atoms with Crippen molar-refractivity contribution in [2.24, 2.45) is 0 Å². The van der Waals surface area contributed by atoms with Gasteiger partial charge in [0.1, 0.15) is 0 Å². The molecule has 140 valence electrons. The molecular weight excluding hydrogens is 340 g/mol. The van der Waals surface area contributed by atoms with Crippen molar-refractivity contribution in [2.75, 3.05) is 13.1 Å². The van der Waals surface area contributed by atoms with Crippen LogP contribution in [-0.4, -0.2) is 23.0 Å². The summed E-state index contributed by atoms with van der Waals surface area (Å²) in [4.78, 5) is 5.90. The summed E-state index contributed by atoms with van der Waals surface area (Å²) in [5.41, 5.74) is 5.21. The molecule has 1 aromatic heterocycles. The third-order valence-corrected chi connectivity index (χ3v) is 5.09. The fraction of sp³-hybridized carbons (Fsp3) is 0.154. The summed E-state index contributed by atoms with van der Waals surface area (Å²) in [6.45, 7) is 2.92. The van der Waals surface area contributed by atoms with Gasteiger partial charge in [0.05, 0.1) is 0 Å². The number of rotatable bonds is 8. The molecule has 0 atom stereocenters. The van der Waals surface area contributed by atoms with Crippen molar-refractivity contribution in [1.82, 2.24) is 9.88 Å². The Morgan fingerprint density at radius 2 is 1.50 bits per heavy atom. The molecule has 28 heavy (non-hydrogen) atoms. The van der Waals surface area contributed by atoms with E-state index in [1.165, 1.54) is 27.6 Å². The van der Waals surface area contributed by atoms with Gasteiger partial charge in [-0.3, -0.25) is 4.90 Å². The van der Waals surface area contributed by atoms with Gasteiger partial charge in [0.15, 0.2) is 0 Å². The number of hydrogen-bond donors (Lipinski definition) is 1. The highest BCUT2D eigenvalue weighted by molar-refractivity contribution is 5.83. The number of nitrogens with one attached hydrogen (secondary N) is 1. The number of aromatic amines is 1. The summed E-state index contributed by atoms with van der Waals surface area (Å²) >= 11 is 0. The van der Waals surface area contributed by atoms with Crippen molar-refractivity contribution in [3.8, 4) is 0 Å². The molecule has 0 fully saturated rings. The van der Waals surface area contributed by atoms with Gasteiger partial charge in [-0.15, -0.1) is 0 Å². The number of fused-ring (bicyclic) bond motifs is 1. The van der Waals surface area contributed by atoms with E-state index in [0.29, 0.717) is 0 Å². The standard InChI is InChI=1S/C26H26N2/c1-3-10-22(11-4-1)14-9-18-28(21-23-12-5-2-6-13-23)19-17-24-20-27-26-16-8-7-15-25(24)26/h1-16,20,27H,17-19,21H2/b14-9+. The minimum atomic E-state index is 0.937. The van der Waals surface area contributed by atoms with Crippen molar-refractivity contribution < 1.29 is 0 Å². The summed E-state index contributed by atoms with van der Waals surface area (Å²) in [6.07, 6.45) is 7.68. The molecule has 0 radical (unpaired) electrons. The van der Waals surface area contributed by atoms with Gasteiger partial charge >= 0.3 is 0 Å². The Kier molecular flexibility index (Phi) is 6.01. The largest absolute Gasteiger partial charge is 0.361 e. The first-order valence-corrected chi connectivity index (χ1v) is 9.91. The van der Waals surface area contributed by atoms with Crippen LogP contribution in [0.4, 0.5) is 0 Å². The minimum Gasteiger partial charge on any atom is -0.361 e. The zero-order valence-corrected chi connectivity index (χ0v) is 16.1. The number of benzene rings is 3. The fourth-order valence-electron chi connectivity index (χ4n) is 3.60. The van der Waals surface area contributed by atoms with Crippen LogP contribution >= 0.6 is 0 Å². The van der Waals surface area contributed by atoms with Crippen LogP contribution in [0.5, 0.6) is 0 Å². The average Bonchev–Trinajstić information content (AvgIpc) is 3.17. The normalized spacial score (nSPS) is 11.6. The van der Waals surface area contributed by atoms with Crippen LogP contribution in [0.2, 0.25) is 0 Å². The van der Waals surface area contributed by atoms with Crippen molar-refractivity contribution in [2.45, 2.75) is 13.0 Å². The van der Waals surface area contributed by atoms with E-state index in [-0.39, 0.29) is 0 Å². The van der Waals surface area contributed by atoms with Gasteiger partial charge < -0.3 is 4.98 Å². The molecule has 4 rings (SSSR count). The number of nitrogens with zero attached hydrogens (tertiary/aromatic N) is 1. The Morgan fingerprint density at radius 1 is 0.786 bits per heavy atom. The molecule has 1 heterocycles. The molecule has 0 unspecified atom stereocenters. The van der Waals surface area contributed by atoms with Gasteiger partial charge in [-0.1, -0.05) is 91.0 Å². The highest BCUT2D eigenvalue weighted by Gasteiger charge is 2.08. The highest BCUT2D eigenvalue weighted by Crippen LogP contribution is 2.18. The SMILES string of the molecule is C(=C\c1ccccc1)/CN(CCc1c[nH]c2ccccc12)Cc1ccccc1. The van der Waals surface area contributed by atoms with Gasteiger partial charge in [-0.2, -0.15) is 0 Å². The molecule has 3 aromatic carbocycles. The molecule has 0 saturated heterocycles. The summed E-state index contributed by atoms with van der Waals surface area (Å²) in [5, 5.41) is 1.34. The Balaban J connectivity index is 1.45. The Hall–Kier alpha value is -3.10. The summed E-state index contributed by atoms with van der Waals surface area (Å²) in [6, 6.07) is 29.8. The predicted molar refractivity (Wildman–Crippen MR) is 119 cm³/mol. The van der Waals surface area contributed by atoms with Gasteiger partial charge in [-0.05, 0) is 29.2 Å². The van der Waals surface area contributed by atoms with E-state index in [1.54, 1.807) is 0 Å². The molecular formula is C26H26N2. The van der Waals surface area contributed by atoms with E-state index in [9.17, 15) is 0 Å². The molecule has 0 aliphatic rings. The molecule has 4 aromatic rings. The Labute approximate surface area is 167 Å². The molecule has 0 amide bonds. The molecule has 0 spiro atoms. The topological polar surface area (TPSA) is 19.0 Å². The highest BCUT2D eigenvalue weighted by atomic mass is 15.1. The molecule has 0 bridgehead atoms. The van der Waals surface area contributed by atoms with Crippen LogP contribution < -0.4 is 0 Å². The van der Waals surface area contributed by atoms with Crippen molar-refractivity contribution in [1.29, 1.82) is 0 Å². The lowest BCUT2D eigenvalue weighted by atomic mass is 10.1. The van der Waals surface area contributed by atoms with Crippen LogP contribution in [0.1, 0.15) is 16.7 Å². The monoisotopic (exact) mass is 366 g/mol. The molecule has 0 saturated carbocycles. The zero-order valence-electron chi connectivity index (χ0n) is 16.1. The van der Waals surface area contributed by atoms with E-state index in [0.717, 1.165) is 26.1 Å². The van der Waals surface area contributed by atoms with Crippen LogP contribution in [0.25, 0.3) is 17.0 Å². The lowest BCUT2D eigenvalue weighted by Crippen LogP contribution is -2.25. The molecule has 0 aliphatic carbocycles. The molecule has 0 aliphatic heterocycles. The van der Waals surface area contributed by atoms with E-state index in [4.69, 9.17) is 0 Å². The first kappa shape index (κ1) is 18.3. The quantitative estimate of drug-likeness (QED) is 0.410. The maximum absolute atomic E-state index is 3.39. The second-order valence-electron chi connectivity index (χ2n) is 7.14. The third-order valence-electron chi connectivity index (χ3n) is 5.09.